The highest BCUT2D eigenvalue weighted by Gasteiger charge is 2.28. The number of carbonyl (C=O) groups excluding carboxylic acids is 1. The molecule has 2 aromatic heterocycles. The van der Waals surface area contributed by atoms with E-state index in [-0.39, 0.29) is 11.8 Å². The summed E-state index contributed by atoms with van der Waals surface area (Å²) in [6.07, 6.45) is 1.60. The lowest BCUT2D eigenvalue weighted by Gasteiger charge is -2.32. The van der Waals surface area contributed by atoms with Gasteiger partial charge in [0.2, 0.25) is 11.6 Å². The van der Waals surface area contributed by atoms with Crippen LogP contribution < -0.4 is 15.0 Å². The number of aryl methyl sites for hydroxylation is 3. The zero-order valence-corrected chi connectivity index (χ0v) is 18.7. The first-order valence-electron chi connectivity index (χ1n) is 10.9. The van der Waals surface area contributed by atoms with Crippen molar-refractivity contribution in [2.24, 2.45) is 5.92 Å². The Bertz CT molecular complexity index is 1070. The van der Waals surface area contributed by atoms with Gasteiger partial charge in [0.15, 0.2) is 0 Å². The number of carbonyl (C=O) groups is 1. The van der Waals surface area contributed by atoms with E-state index in [0.717, 1.165) is 59.8 Å². The molecule has 164 valence electrons. The molecule has 0 atom stereocenters. The van der Waals surface area contributed by atoms with Crippen molar-refractivity contribution in [1.29, 1.82) is 0 Å². The van der Waals surface area contributed by atoms with Gasteiger partial charge in [0.25, 0.3) is 0 Å². The molecular weight excluding hydrogens is 392 g/mol. The molecule has 1 amide bonds. The Hall–Kier alpha value is -3.09. The predicted octanol–water partition coefficient (Wildman–Crippen LogP) is 4.08. The topological polar surface area (TPSA) is 80.5 Å². The summed E-state index contributed by atoms with van der Waals surface area (Å²) < 4.78 is 11.3. The summed E-state index contributed by atoms with van der Waals surface area (Å²) in [6.45, 7) is 10.6. The van der Waals surface area contributed by atoms with Crippen molar-refractivity contribution in [2.75, 3.05) is 24.6 Å². The number of hydrogen-bond donors (Lipinski definition) is 1. The van der Waals surface area contributed by atoms with Gasteiger partial charge in [0.05, 0.1) is 12.0 Å². The number of nitrogens with one attached hydrogen (secondary N) is 1. The number of ether oxygens (including phenoxy) is 1. The molecule has 0 unspecified atom stereocenters. The maximum Gasteiger partial charge on any atom is 0.231 e. The van der Waals surface area contributed by atoms with E-state index in [4.69, 9.17) is 14.1 Å². The summed E-state index contributed by atoms with van der Waals surface area (Å²) in [7, 11) is 0. The average molecular weight is 423 g/mol. The molecule has 3 aromatic rings. The molecular formula is C24H30N4O3. The van der Waals surface area contributed by atoms with Crippen LogP contribution in [0.2, 0.25) is 0 Å². The van der Waals surface area contributed by atoms with Crippen molar-refractivity contribution in [3.8, 4) is 5.75 Å². The molecule has 1 fully saturated rings. The molecule has 7 nitrogen and oxygen atoms in total. The number of fused-ring (bicyclic) bond motifs is 1. The average Bonchev–Trinajstić information content (AvgIpc) is 3.06. The van der Waals surface area contributed by atoms with E-state index in [1.807, 2.05) is 52.0 Å². The number of nitrogens with zero attached hydrogens (tertiary/aromatic N) is 3. The summed E-state index contributed by atoms with van der Waals surface area (Å²) in [5, 5.41) is 4.07. The minimum Gasteiger partial charge on any atom is -0.494 e. The lowest BCUT2D eigenvalue weighted by Crippen LogP contribution is -2.40. The van der Waals surface area contributed by atoms with Crippen LogP contribution in [-0.4, -0.2) is 35.6 Å². The smallest absolute Gasteiger partial charge is 0.231 e. The van der Waals surface area contributed by atoms with Crippen molar-refractivity contribution in [2.45, 2.75) is 47.1 Å². The second-order valence-corrected chi connectivity index (χ2v) is 8.11. The van der Waals surface area contributed by atoms with Gasteiger partial charge in [-0.1, -0.05) is 12.1 Å². The molecule has 0 spiro atoms. The van der Waals surface area contributed by atoms with Gasteiger partial charge in [-0.3, -0.25) is 4.79 Å². The fourth-order valence-corrected chi connectivity index (χ4v) is 4.12. The van der Waals surface area contributed by atoms with Crippen molar-refractivity contribution in [3.05, 3.63) is 47.0 Å². The van der Waals surface area contributed by atoms with Crippen LogP contribution >= 0.6 is 0 Å². The molecule has 1 saturated heterocycles. The summed E-state index contributed by atoms with van der Waals surface area (Å²) in [5.41, 5.74) is 2.80. The van der Waals surface area contributed by atoms with Crippen molar-refractivity contribution in [3.63, 3.8) is 0 Å². The summed E-state index contributed by atoms with van der Waals surface area (Å²) >= 11 is 0. The van der Waals surface area contributed by atoms with Gasteiger partial charge in [0.1, 0.15) is 23.2 Å². The van der Waals surface area contributed by atoms with Gasteiger partial charge in [-0.05, 0) is 58.2 Å². The fraction of sp³-hybridized carbons (Fsp3) is 0.458. The molecule has 0 aliphatic carbocycles. The van der Waals surface area contributed by atoms with Crippen LogP contribution in [0, 0.1) is 26.7 Å². The van der Waals surface area contributed by atoms with E-state index < -0.39 is 0 Å². The van der Waals surface area contributed by atoms with Crippen LogP contribution in [0.4, 0.5) is 5.82 Å². The lowest BCUT2D eigenvalue weighted by atomic mass is 9.95. The van der Waals surface area contributed by atoms with E-state index >= 15 is 0 Å². The van der Waals surface area contributed by atoms with Crippen LogP contribution in [0.5, 0.6) is 5.75 Å². The third-order valence-electron chi connectivity index (χ3n) is 5.99. The number of hydrogen-bond acceptors (Lipinski definition) is 6. The second-order valence-electron chi connectivity index (χ2n) is 8.11. The third kappa shape index (κ3) is 4.50. The van der Waals surface area contributed by atoms with Crippen LogP contribution in [0.3, 0.4) is 0 Å². The molecule has 7 heteroatoms. The van der Waals surface area contributed by atoms with Gasteiger partial charge in [0, 0.05) is 31.1 Å². The van der Waals surface area contributed by atoms with E-state index in [1.54, 1.807) is 0 Å². The molecule has 1 N–H and O–H groups in total. The molecule has 1 aliphatic rings. The summed E-state index contributed by atoms with van der Waals surface area (Å²) in [6, 6.07) is 7.86. The van der Waals surface area contributed by atoms with Gasteiger partial charge < -0.3 is 19.4 Å². The number of benzene rings is 1. The van der Waals surface area contributed by atoms with Crippen LogP contribution in [0.25, 0.3) is 11.1 Å². The highest BCUT2D eigenvalue weighted by atomic mass is 16.5. The Labute approximate surface area is 182 Å². The standard InChI is InChI=1S/C24H30N4O3/c1-5-30-20-8-6-18(7-9-20)14-25-23(29)19-10-12-28(13-11-19)22-21-15(2)16(3)31-24(21)27-17(4)26-22/h6-9,19H,5,10-14H2,1-4H3,(H,25,29). The highest BCUT2D eigenvalue weighted by Crippen LogP contribution is 2.33. The van der Waals surface area contributed by atoms with Crippen LogP contribution in [-0.2, 0) is 11.3 Å². The Balaban J connectivity index is 1.36. The first-order chi connectivity index (χ1) is 15.0. The molecule has 1 aromatic carbocycles. The molecule has 31 heavy (non-hydrogen) atoms. The molecule has 4 rings (SSSR count). The summed E-state index contributed by atoms with van der Waals surface area (Å²) in [5.74, 6) is 3.48. The van der Waals surface area contributed by atoms with Crippen molar-refractivity contribution >= 4 is 22.8 Å². The predicted molar refractivity (Wildman–Crippen MR) is 120 cm³/mol. The molecule has 0 bridgehead atoms. The number of piperidine rings is 1. The van der Waals surface area contributed by atoms with E-state index in [2.05, 4.69) is 15.2 Å². The third-order valence-corrected chi connectivity index (χ3v) is 5.99. The number of rotatable bonds is 6. The van der Waals surface area contributed by atoms with E-state index in [0.29, 0.717) is 24.7 Å². The maximum absolute atomic E-state index is 12.7. The minimum atomic E-state index is 0.0181. The number of furan rings is 1. The van der Waals surface area contributed by atoms with Gasteiger partial charge in [-0.15, -0.1) is 0 Å². The van der Waals surface area contributed by atoms with Gasteiger partial charge in [-0.25, -0.2) is 4.98 Å². The monoisotopic (exact) mass is 422 g/mol. The molecule has 3 heterocycles. The molecule has 0 radical (unpaired) electrons. The largest absolute Gasteiger partial charge is 0.494 e. The first-order valence-corrected chi connectivity index (χ1v) is 10.9. The Kier molecular flexibility index (Phi) is 6.11. The normalized spacial score (nSPS) is 14.8. The van der Waals surface area contributed by atoms with Gasteiger partial charge >= 0.3 is 0 Å². The first kappa shape index (κ1) is 21.2. The minimum absolute atomic E-state index is 0.0181. The van der Waals surface area contributed by atoms with Crippen molar-refractivity contribution in [1.82, 2.24) is 15.3 Å². The Morgan fingerprint density at radius 3 is 2.55 bits per heavy atom. The number of aromatic nitrogens is 2. The second kappa shape index (κ2) is 8.96. The lowest BCUT2D eigenvalue weighted by molar-refractivity contribution is -0.125. The number of anilines is 1. The molecule has 0 saturated carbocycles. The maximum atomic E-state index is 12.7. The Morgan fingerprint density at radius 2 is 1.87 bits per heavy atom. The number of amides is 1. The van der Waals surface area contributed by atoms with Crippen molar-refractivity contribution < 1.29 is 13.9 Å². The Morgan fingerprint density at radius 1 is 1.16 bits per heavy atom. The van der Waals surface area contributed by atoms with E-state index in [9.17, 15) is 4.79 Å². The zero-order valence-electron chi connectivity index (χ0n) is 18.7. The SMILES string of the molecule is CCOc1ccc(CNC(=O)C2CCN(c3nc(C)nc4oc(C)c(C)c34)CC2)cc1. The van der Waals surface area contributed by atoms with Crippen LogP contribution in [0.15, 0.2) is 28.7 Å². The fourth-order valence-electron chi connectivity index (χ4n) is 4.12. The molecule has 1 aliphatic heterocycles. The summed E-state index contributed by atoms with van der Waals surface area (Å²) in [4.78, 5) is 24.1. The highest BCUT2D eigenvalue weighted by molar-refractivity contribution is 5.90. The van der Waals surface area contributed by atoms with E-state index in [1.165, 1.54) is 0 Å². The van der Waals surface area contributed by atoms with Gasteiger partial charge in [-0.2, -0.15) is 4.98 Å². The van der Waals surface area contributed by atoms with Crippen LogP contribution in [0.1, 0.15) is 42.5 Å². The zero-order chi connectivity index (χ0) is 22.0. The quantitative estimate of drug-likeness (QED) is 0.645.